The first-order valence-electron chi connectivity index (χ1n) is 8.99. The van der Waals surface area contributed by atoms with Crippen LogP contribution in [0.4, 0.5) is 0 Å². The number of hydrogen-bond donors (Lipinski definition) is 2. The van der Waals surface area contributed by atoms with Gasteiger partial charge in [-0.3, -0.25) is 14.8 Å². The van der Waals surface area contributed by atoms with Crippen LogP contribution < -0.4 is 4.74 Å². The number of aliphatic hydroxyl groups is 1. The van der Waals surface area contributed by atoms with Crippen molar-refractivity contribution in [2.24, 2.45) is 0 Å². The molecule has 0 radical (unpaired) electrons. The predicted molar refractivity (Wildman–Crippen MR) is 102 cm³/mol. The van der Waals surface area contributed by atoms with Gasteiger partial charge in [0.25, 0.3) is 0 Å². The first-order chi connectivity index (χ1) is 13.1. The SMILES string of the molecule is CN1CCN(Cc2cc(-c3ccccn3)ccc2OCC(=O)O)CC1CO. The molecule has 7 heteroatoms. The molecule has 0 bridgehead atoms. The number of aromatic nitrogens is 1. The smallest absolute Gasteiger partial charge is 0.341 e. The number of carbonyl (C=O) groups is 1. The maximum absolute atomic E-state index is 10.9. The number of rotatable bonds is 7. The van der Waals surface area contributed by atoms with Crippen molar-refractivity contribution < 1.29 is 19.7 Å². The first kappa shape index (κ1) is 19.3. The molecule has 1 aliphatic heterocycles. The molecule has 1 aromatic carbocycles. The number of likely N-dealkylation sites (N-methyl/N-ethyl adjacent to an activating group) is 1. The maximum atomic E-state index is 10.9. The highest BCUT2D eigenvalue weighted by molar-refractivity contribution is 5.69. The number of aliphatic hydroxyl groups excluding tert-OH is 1. The molecule has 1 atom stereocenters. The summed E-state index contributed by atoms with van der Waals surface area (Å²) in [6.07, 6.45) is 1.75. The lowest BCUT2D eigenvalue weighted by Crippen LogP contribution is -2.52. The van der Waals surface area contributed by atoms with Crippen molar-refractivity contribution in [1.29, 1.82) is 0 Å². The summed E-state index contributed by atoms with van der Waals surface area (Å²) in [5.41, 5.74) is 2.73. The van der Waals surface area contributed by atoms with Gasteiger partial charge in [0, 0.05) is 49.5 Å². The summed E-state index contributed by atoms with van der Waals surface area (Å²) in [4.78, 5) is 19.7. The highest BCUT2D eigenvalue weighted by Gasteiger charge is 2.24. The van der Waals surface area contributed by atoms with Gasteiger partial charge in [-0.1, -0.05) is 6.07 Å². The van der Waals surface area contributed by atoms with E-state index in [0.29, 0.717) is 12.3 Å². The fourth-order valence-electron chi connectivity index (χ4n) is 3.27. The second kappa shape index (κ2) is 8.94. The van der Waals surface area contributed by atoms with E-state index < -0.39 is 5.97 Å². The van der Waals surface area contributed by atoms with Crippen LogP contribution in [-0.4, -0.2) is 76.9 Å². The topological polar surface area (TPSA) is 86.1 Å². The highest BCUT2D eigenvalue weighted by Crippen LogP contribution is 2.27. The van der Waals surface area contributed by atoms with Crippen molar-refractivity contribution in [3.8, 4) is 17.0 Å². The van der Waals surface area contributed by atoms with Gasteiger partial charge in [0.05, 0.1) is 12.3 Å². The van der Waals surface area contributed by atoms with Crippen LogP contribution >= 0.6 is 0 Å². The monoisotopic (exact) mass is 371 g/mol. The molecule has 7 nitrogen and oxygen atoms in total. The Morgan fingerprint density at radius 3 is 2.85 bits per heavy atom. The van der Waals surface area contributed by atoms with Crippen LogP contribution in [0.5, 0.6) is 5.75 Å². The van der Waals surface area contributed by atoms with E-state index in [0.717, 1.165) is 36.5 Å². The third-order valence-electron chi connectivity index (χ3n) is 4.84. The van der Waals surface area contributed by atoms with Crippen molar-refractivity contribution in [1.82, 2.24) is 14.8 Å². The minimum absolute atomic E-state index is 0.0983. The quantitative estimate of drug-likeness (QED) is 0.759. The van der Waals surface area contributed by atoms with Gasteiger partial charge in [0.15, 0.2) is 6.61 Å². The molecule has 27 heavy (non-hydrogen) atoms. The van der Waals surface area contributed by atoms with Crippen molar-refractivity contribution in [2.45, 2.75) is 12.6 Å². The average Bonchev–Trinajstić information content (AvgIpc) is 2.69. The van der Waals surface area contributed by atoms with Gasteiger partial charge in [-0.15, -0.1) is 0 Å². The number of piperazine rings is 1. The fraction of sp³-hybridized carbons (Fsp3) is 0.400. The lowest BCUT2D eigenvalue weighted by Gasteiger charge is -2.38. The lowest BCUT2D eigenvalue weighted by molar-refractivity contribution is -0.139. The fourth-order valence-corrected chi connectivity index (χ4v) is 3.27. The van der Waals surface area contributed by atoms with Crippen LogP contribution in [0.2, 0.25) is 0 Å². The number of carboxylic acid groups (broad SMARTS) is 1. The molecular weight excluding hydrogens is 346 g/mol. The lowest BCUT2D eigenvalue weighted by atomic mass is 10.0. The Kier molecular flexibility index (Phi) is 6.39. The Bertz CT molecular complexity index is 769. The molecule has 1 aromatic heterocycles. The van der Waals surface area contributed by atoms with E-state index in [9.17, 15) is 9.90 Å². The molecule has 2 heterocycles. The van der Waals surface area contributed by atoms with E-state index >= 15 is 0 Å². The molecule has 1 fully saturated rings. The Morgan fingerprint density at radius 1 is 1.30 bits per heavy atom. The van der Waals surface area contributed by atoms with Gasteiger partial charge in [0.2, 0.25) is 0 Å². The largest absolute Gasteiger partial charge is 0.482 e. The molecular formula is C20H25N3O4. The summed E-state index contributed by atoms with van der Waals surface area (Å²) >= 11 is 0. The Labute approximate surface area is 158 Å². The number of aliphatic carboxylic acids is 1. The normalized spacial score (nSPS) is 18.4. The van der Waals surface area contributed by atoms with Crippen LogP contribution in [0.25, 0.3) is 11.3 Å². The second-order valence-electron chi connectivity index (χ2n) is 6.77. The molecule has 1 aliphatic rings. The van der Waals surface area contributed by atoms with Crippen molar-refractivity contribution in [2.75, 3.05) is 39.9 Å². The van der Waals surface area contributed by atoms with E-state index in [1.165, 1.54) is 0 Å². The Balaban J connectivity index is 1.84. The van der Waals surface area contributed by atoms with E-state index in [1.807, 2.05) is 43.4 Å². The third kappa shape index (κ3) is 5.03. The average molecular weight is 371 g/mol. The predicted octanol–water partition coefficient (Wildman–Crippen LogP) is 1.32. The molecule has 0 spiro atoms. The van der Waals surface area contributed by atoms with Gasteiger partial charge in [-0.25, -0.2) is 4.79 Å². The Hall–Kier alpha value is -2.48. The van der Waals surface area contributed by atoms with Crippen LogP contribution in [0.15, 0.2) is 42.6 Å². The highest BCUT2D eigenvalue weighted by atomic mass is 16.5. The zero-order chi connectivity index (χ0) is 19.2. The molecule has 144 valence electrons. The summed E-state index contributed by atoms with van der Waals surface area (Å²) in [7, 11) is 2.02. The summed E-state index contributed by atoms with van der Waals surface area (Å²) in [5, 5.41) is 18.5. The molecule has 0 aliphatic carbocycles. The van der Waals surface area contributed by atoms with Crippen molar-refractivity contribution in [3.63, 3.8) is 0 Å². The van der Waals surface area contributed by atoms with Gasteiger partial charge in [-0.05, 0) is 37.4 Å². The molecule has 1 unspecified atom stereocenters. The van der Waals surface area contributed by atoms with E-state index in [4.69, 9.17) is 9.84 Å². The number of nitrogens with zero attached hydrogens (tertiary/aromatic N) is 3. The standard InChI is InChI=1S/C20H25N3O4/c1-22-8-9-23(12-17(22)13-24)11-16-10-15(18-4-2-3-7-21-18)5-6-19(16)27-14-20(25)26/h2-7,10,17,24H,8-9,11-14H2,1H3,(H,25,26). The molecule has 3 rings (SSSR count). The second-order valence-corrected chi connectivity index (χ2v) is 6.77. The number of carboxylic acids is 1. The van der Waals surface area contributed by atoms with Crippen LogP contribution in [0.1, 0.15) is 5.56 Å². The summed E-state index contributed by atoms with van der Waals surface area (Å²) in [6, 6.07) is 11.5. The number of benzene rings is 1. The summed E-state index contributed by atoms with van der Waals surface area (Å²) in [6.45, 7) is 2.86. The number of pyridine rings is 1. The van der Waals surface area contributed by atoms with Crippen LogP contribution in [0, 0.1) is 0 Å². The van der Waals surface area contributed by atoms with Gasteiger partial charge >= 0.3 is 5.97 Å². The van der Waals surface area contributed by atoms with Crippen LogP contribution in [0.3, 0.4) is 0 Å². The van der Waals surface area contributed by atoms with Crippen molar-refractivity contribution in [3.05, 3.63) is 48.2 Å². The zero-order valence-corrected chi connectivity index (χ0v) is 15.4. The van der Waals surface area contributed by atoms with E-state index in [-0.39, 0.29) is 19.3 Å². The van der Waals surface area contributed by atoms with E-state index in [1.54, 1.807) is 6.20 Å². The molecule has 2 aromatic rings. The van der Waals surface area contributed by atoms with Crippen LogP contribution in [-0.2, 0) is 11.3 Å². The first-order valence-corrected chi connectivity index (χ1v) is 8.99. The van der Waals surface area contributed by atoms with Gasteiger partial charge in [0.1, 0.15) is 5.75 Å². The van der Waals surface area contributed by atoms with Gasteiger partial charge in [-0.2, -0.15) is 0 Å². The minimum Gasteiger partial charge on any atom is -0.482 e. The molecule has 0 amide bonds. The number of ether oxygens (including phenoxy) is 1. The van der Waals surface area contributed by atoms with Gasteiger partial charge < -0.3 is 14.9 Å². The third-order valence-corrected chi connectivity index (χ3v) is 4.84. The summed E-state index contributed by atoms with van der Waals surface area (Å²) < 4.78 is 5.50. The Morgan fingerprint density at radius 2 is 2.15 bits per heavy atom. The number of hydrogen-bond acceptors (Lipinski definition) is 6. The molecule has 0 saturated carbocycles. The summed E-state index contributed by atoms with van der Waals surface area (Å²) in [5.74, 6) is -0.439. The minimum atomic E-state index is -1.00. The van der Waals surface area contributed by atoms with E-state index in [2.05, 4.69) is 14.8 Å². The molecule has 2 N–H and O–H groups in total. The molecule has 1 saturated heterocycles. The van der Waals surface area contributed by atoms with Crippen molar-refractivity contribution >= 4 is 5.97 Å². The maximum Gasteiger partial charge on any atom is 0.341 e. The zero-order valence-electron chi connectivity index (χ0n) is 15.4.